The first-order valence-electron chi connectivity index (χ1n) is 17.6. The van der Waals surface area contributed by atoms with Crippen LogP contribution in [0.5, 0.6) is 11.8 Å². The van der Waals surface area contributed by atoms with Crippen molar-refractivity contribution in [1.82, 2.24) is 20.2 Å². The lowest BCUT2D eigenvalue weighted by atomic mass is 9.97. The molecule has 15 heteroatoms. The minimum absolute atomic E-state index is 0.0380. The number of halogens is 2. The van der Waals surface area contributed by atoms with Crippen molar-refractivity contribution in [3.05, 3.63) is 98.5 Å². The Morgan fingerprint density at radius 1 is 1.02 bits per heavy atom. The average Bonchev–Trinajstić information content (AvgIpc) is 3.56. The van der Waals surface area contributed by atoms with Crippen molar-refractivity contribution in [3.8, 4) is 23.0 Å². The van der Waals surface area contributed by atoms with Gasteiger partial charge >= 0.3 is 11.9 Å². The normalized spacial score (nSPS) is 17.4. The highest BCUT2D eigenvalue weighted by Gasteiger charge is 2.31. The summed E-state index contributed by atoms with van der Waals surface area (Å²) in [5, 5.41) is 35.1. The van der Waals surface area contributed by atoms with E-state index in [0.29, 0.717) is 53.6 Å². The number of aliphatic hydroxyl groups excluding tert-OH is 1. The number of nitrogens with one attached hydrogen (secondary N) is 2. The van der Waals surface area contributed by atoms with E-state index in [1.807, 2.05) is 30.3 Å². The van der Waals surface area contributed by atoms with E-state index >= 15 is 0 Å². The third-order valence-corrected chi connectivity index (χ3v) is 10.3. The molecule has 2 aromatic carbocycles. The molecule has 1 aliphatic carbocycles. The first-order chi connectivity index (χ1) is 26.0. The van der Waals surface area contributed by atoms with E-state index in [-0.39, 0.29) is 29.9 Å². The van der Waals surface area contributed by atoms with E-state index in [9.17, 15) is 24.6 Å². The predicted octanol–water partition coefficient (Wildman–Crippen LogP) is 6.00. The van der Waals surface area contributed by atoms with E-state index in [1.165, 1.54) is 7.11 Å². The van der Waals surface area contributed by atoms with Gasteiger partial charge in [-0.2, -0.15) is 4.98 Å². The van der Waals surface area contributed by atoms with Crippen LogP contribution in [-0.2, 0) is 29.1 Å². The van der Waals surface area contributed by atoms with Gasteiger partial charge < -0.3 is 35.4 Å². The number of methoxy groups -OCH3 is 1. The standard InChI is InChI=1S/C39H41Cl2N5O8/c1-53-32-16-25(18-42-19-26(47)17-33(48)49)35(41)38(44-32)54-31-14-12-22-6-4-9-28(34(22)31)30-13-11-23(20-46-15-5-7-24(21-46)39(51)52)36(43-30)45-37(50)27-8-2-3-10-29(27)40/h2-4,6,8-11,13,16,24,26,31,42,47H,5,7,12,14-15,17-21H2,1H3,(H,48,49)(H,51,52)(H,43,45,50). The third-order valence-electron chi connectivity index (χ3n) is 9.60. The molecule has 1 fully saturated rings. The lowest BCUT2D eigenvalue weighted by molar-refractivity contribution is -0.143. The number of likely N-dealkylation sites (tertiary alicyclic amines) is 1. The van der Waals surface area contributed by atoms with Crippen molar-refractivity contribution in [1.29, 1.82) is 0 Å². The molecule has 0 saturated carbocycles. The number of carbonyl (C=O) groups excluding carboxylic acids is 1. The summed E-state index contributed by atoms with van der Waals surface area (Å²) in [4.78, 5) is 47.8. The number of aliphatic carboxylic acids is 2. The number of pyridine rings is 2. The topological polar surface area (TPSA) is 183 Å². The maximum atomic E-state index is 13.5. The highest BCUT2D eigenvalue weighted by atomic mass is 35.5. The van der Waals surface area contributed by atoms with Crippen LogP contribution in [0.3, 0.4) is 0 Å². The summed E-state index contributed by atoms with van der Waals surface area (Å²) in [6.45, 7) is 1.75. The molecule has 54 heavy (non-hydrogen) atoms. The molecule has 0 radical (unpaired) electrons. The summed E-state index contributed by atoms with van der Waals surface area (Å²) in [6.07, 6.45) is 0.794. The van der Waals surface area contributed by atoms with Gasteiger partial charge in [0, 0.05) is 48.9 Å². The zero-order valence-corrected chi connectivity index (χ0v) is 31.1. The number of benzene rings is 2. The SMILES string of the molecule is COc1cc(CNCC(O)CC(=O)O)c(Cl)c(OC2CCc3cccc(-c4ccc(CN5CCCC(C(=O)O)C5)c(NC(=O)c5ccccc5Cl)n4)c32)n1. The smallest absolute Gasteiger partial charge is 0.307 e. The van der Waals surface area contributed by atoms with E-state index in [0.717, 1.165) is 41.6 Å². The first kappa shape index (κ1) is 38.9. The number of nitrogens with zero attached hydrogens (tertiary/aromatic N) is 3. The second-order valence-corrected chi connectivity index (χ2v) is 14.2. The van der Waals surface area contributed by atoms with Crippen LogP contribution in [-0.4, -0.2) is 80.9 Å². The largest absolute Gasteiger partial charge is 0.481 e. The summed E-state index contributed by atoms with van der Waals surface area (Å²) >= 11 is 13.2. The van der Waals surface area contributed by atoms with Crippen molar-refractivity contribution in [2.75, 3.05) is 32.1 Å². The van der Waals surface area contributed by atoms with Crippen LogP contribution in [0.25, 0.3) is 11.3 Å². The van der Waals surface area contributed by atoms with Crippen LogP contribution in [0.2, 0.25) is 10.0 Å². The zero-order chi connectivity index (χ0) is 38.4. The number of fused-ring (bicyclic) bond motifs is 1. The molecule has 1 aliphatic heterocycles. The molecular weight excluding hydrogens is 737 g/mol. The number of piperidine rings is 1. The zero-order valence-electron chi connectivity index (χ0n) is 29.6. The lowest BCUT2D eigenvalue weighted by Crippen LogP contribution is -2.38. The molecule has 284 valence electrons. The number of hydrogen-bond acceptors (Lipinski definition) is 10. The molecule has 0 spiro atoms. The van der Waals surface area contributed by atoms with Gasteiger partial charge in [-0.25, -0.2) is 4.98 Å². The molecule has 3 unspecified atom stereocenters. The first-order valence-corrected chi connectivity index (χ1v) is 18.4. The molecular formula is C39H41Cl2N5O8. The fourth-order valence-electron chi connectivity index (χ4n) is 6.94. The molecule has 5 N–H and O–H groups in total. The third kappa shape index (κ3) is 9.28. The molecule has 2 aromatic heterocycles. The van der Waals surface area contributed by atoms with E-state index in [4.69, 9.17) is 42.8 Å². The van der Waals surface area contributed by atoms with Crippen LogP contribution in [0, 0.1) is 5.92 Å². The van der Waals surface area contributed by atoms with Crippen LogP contribution in [0.15, 0.2) is 60.7 Å². The number of hydrogen-bond donors (Lipinski definition) is 5. The number of carboxylic acids is 2. The van der Waals surface area contributed by atoms with Gasteiger partial charge in [-0.05, 0) is 61.6 Å². The van der Waals surface area contributed by atoms with Crippen molar-refractivity contribution in [3.63, 3.8) is 0 Å². The molecule has 2 aliphatic rings. The maximum absolute atomic E-state index is 13.5. The monoisotopic (exact) mass is 777 g/mol. The lowest BCUT2D eigenvalue weighted by Gasteiger charge is -2.31. The second kappa shape index (κ2) is 17.6. The van der Waals surface area contributed by atoms with Crippen LogP contribution >= 0.6 is 23.2 Å². The minimum Gasteiger partial charge on any atom is -0.481 e. The van der Waals surface area contributed by atoms with E-state index in [2.05, 4.69) is 20.5 Å². The van der Waals surface area contributed by atoms with Gasteiger partial charge in [0.15, 0.2) is 0 Å². The van der Waals surface area contributed by atoms with Gasteiger partial charge in [-0.3, -0.25) is 19.3 Å². The van der Waals surface area contributed by atoms with Gasteiger partial charge in [-0.1, -0.05) is 59.6 Å². The van der Waals surface area contributed by atoms with E-state index in [1.54, 1.807) is 30.3 Å². The molecule has 4 aromatic rings. The highest BCUT2D eigenvalue weighted by Crippen LogP contribution is 2.43. The van der Waals surface area contributed by atoms with Crippen molar-refractivity contribution >= 4 is 46.9 Å². The Morgan fingerprint density at radius 3 is 2.59 bits per heavy atom. The molecule has 0 bridgehead atoms. The van der Waals surface area contributed by atoms with Crippen molar-refractivity contribution in [2.24, 2.45) is 5.92 Å². The number of ether oxygens (including phenoxy) is 2. The van der Waals surface area contributed by atoms with Crippen LogP contribution in [0.1, 0.15) is 64.4 Å². The van der Waals surface area contributed by atoms with Crippen LogP contribution < -0.4 is 20.1 Å². The summed E-state index contributed by atoms with van der Waals surface area (Å²) in [5.74, 6) is -2.04. The fraction of sp³-hybridized carbons (Fsp3) is 0.359. The summed E-state index contributed by atoms with van der Waals surface area (Å²) in [6, 6.07) is 18.1. The van der Waals surface area contributed by atoms with E-state index < -0.39 is 42.4 Å². The number of aryl methyl sites for hydroxylation is 1. The van der Waals surface area contributed by atoms with Crippen LogP contribution in [0.4, 0.5) is 5.82 Å². The Bertz CT molecular complexity index is 2030. The molecule has 1 amide bonds. The molecule has 1 saturated heterocycles. The fourth-order valence-corrected chi connectivity index (χ4v) is 7.37. The Kier molecular flexibility index (Phi) is 12.7. The Morgan fingerprint density at radius 2 is 1.83 bits per heavy atom. The maximum Gasteiger partial charge on any atom is 0.307 e. The number of anilines is 1. The Balaban J connectivity index is 1.30. The summed E-state index contributed by atoms with van der Waals surface area (Å²) in [5.41, 5.74) is 4.97. The minimum atomic E-state index is -1.10. The summed E-state index contributed by atoms with van der Waals surface area (Å²) < 4.78 is 12.0. The van der Waals surface area contributed by atoms with Gasteiger partial charge in [0.25, 0.3) is 5.91 Å². The predicted molar refractivity (Wildman–Crippen MR) is 202 cm³/mol. The van der Waals surface area contributed by atoms with Crippen molar-refractivity contribution < 1.29 is 39.2 Å². The average molecular weight is 779 g/mol. The number of amides is 1. The van der Waals surface area contributed by atoms with Gasteiger partial charge in [-0.15, -0.1) is 0 Å². The highest BCUT2D eigenvalue weighted by molar-refractivity contribution is 6.34. The number of aliphatic hydroxyl groups is 1. The number of aromatic nitrogens is 2. The Hall–Kier alpha value is -4.79. The molecule has 6 rings (SSSR count). The number of carboxylic acid groups (broad SMARTS) is 2. The molecule has 3 atom stereocenters. The Labute approximate surface area is 322 Å². The molecule has 3 heterocycles. The van der Waals surface area contributed by atoms with Gasteiger partial charge in [0.05, 0.1) is 41.8 Å². The quantitative estimate of drug-likeness (QED) is 0.0951. The number of carbonyl (C=O) groups is 3. The number of rotatable bonds is 15. The second-order valence-electron chi connectivity index (χ2n) is 13.4. The van der Waals surface area contributed by atoms with Gasteiger partial charge in [0.2, 0.25) is 11.8 Å². The van der Waals surface area contributed by atoms with Gasteiger partial charge in [0.1, 0.15) is 16.9 Å². The summed E-state index contributed by atoms with van der Waals surface area (Å²) in [7, 11) is 1.48. The molecule has 13 nitrogen and oxygen atoms in total. The van der Waals surface area contributed by atoms with Crippen molar-refractivity contribution in [2.45, 2.75) is 57.4 Å².